The third-order valence-electron chi connectivity index (χ3n) is 4.19. The quantitative estimate of drug-likeness (QED) is 0.772. The number of carbonyl (C=O) groups is 2. The Bertz CT molecular complexity index is 582. The molecule has 1 saturated carbocycles. The summed E-state index contributed by atoms with van der Waals surface area (Å²) in [5.41, 5.74) is 6.85. The van der Waals surface area contributed by atoms with Gasteiger partial charge in [0.15, 0.2) is 0 Å². The summed E-state index contributed by atoms with van der Waals surface area (Å²) in [5.74, 6) is 0.660. The van der Waals surface area contributed by atoms with E-state index >= 15 is 0 Å². The maximum absolute atomic E-state index is 12.3. The molecule has 1 aliphatic rings. The Kier molecular flexibility index (Phi) is 5.64. The first-order chi connectivity index (χ1) is 10.9. The van der Waals surface area contributed by atoms with E-state index in [-0.39, 0.29) is 23.8 Å². The van der Waals surface area contributed by atoms with Crippen molar-refractivity contribution >= 4 is 11.8 Å². The first kappa shape index (κ1) is 17.3. The number of ether oxygens (including phenoxy) is 1. The van der Waals surface area contributed by atoms with Crippen LogP contribution in [0.2, 0.25) is 0 Å². The van der Waals surface area contributed by atoms with E-state index in [1.807, 2.05) is 19.9 Å². The van der Waals surface area contributed by atoms with Crippen LogP contribution in [0.4, 0.5) is 0 Å². The smallest absolute Gasteiger partial charge is 0.251 e. The number of carbonyl (C=O) groups excluding carboxylic acids is 2. The number of hydrogen-bond donors (Lipinski definition) is 2. The second-order valence-electron chi connectivity index (χ2n) is 6.65. The second-order valence-corrected chi connectivity index (χ2v) is 6.65. The molecular formula is C18H26N2O3. The number of primary amides is 1. The summed E-state index contributed by atoms with van der Waals surface area (Å²) < 4.78 is 5.81. The van der Waals surface area contributed by atoms with Gasteiger partial charge in [-0.25, -0.2) is 0 Å². The topological polar surface area (TPSA) is 81.4 Å². The summed E-state index contributed by atoms with van der Waals surface area (Å²) in [4.78, 5) is 23.4. The molecule has 0 aliphatic heterocycles. The lowest BCUT2D eigenvalue weighted by molar-refractivity contribution is -0.121. The number of nitrogens with two attached hydrogens (primary N) is 1. The van der Waals surface area contributed by atoms with E-state index < -0.39 is 0 Å². The molecule has 0 aromatic heterocycles. The number of amides is 2. The van der Waals surface area contributed by atoms with Crippen molar-refractivity contribution in [2.24, 2.45) is 17.6 Å². The number of rotatable bonds is 8. The van der Waals surface area contributed by atoms with Crippen molar-refractivity contribution in [3.05, 3.63) is 29.3 Å². The molecule has 5 nitrogen and oxygen atoms in total. The van der Waals surface area contributed by atoms with Crippen LogP contribution >= 0.6 is 0 Å². The average Bonchev–Trinajstić information content (AvgIpc) is 3.30. The summed E-state index contributed by atoms with van der Waals surface area (Å²) >= 11 is 0. The molecule has 1 unspecified atom stereocenters. The lowest BCUT2D eigenvalue weighted by atomic mass is 10.0. The molecule has 0 spiro atoms. The minimum Gasteiger partial charge on any atom is -0.493 e. The molecule has 0 heterocycles. The monoisotopic (exact) mass is 318 g/mol. The second kappa shape index (κ2) is 7.49. The van der Waals surface area contributed by atoms with Gasteiger partial charge in [-0.2, -0.15) is 0 Å². The fraction of sp³-hybridized carbons (Fsp3) is 0.556. The van der Waals surface area contributed by atoms with E-state index in [1.54, 1.807) is 19.1 Å². The van der Waals surface area contributed by atoms with Gasteiger partial charge in [0.25, 0.3) is 5.91 Å². The molecule has 5 heteroatoms. The van der Waals surface area contributed by atoms with Crippen LogP contribution in [0.15, 0.2) is 18.2 Å². The number of aryl methyl sites for hydroxylation is 1. The van der Waals surface area contributed by atoms with Gasteiger partial charge in [-0.1, -0.05) is 13.0 Å². The first-order valence-electron chi connectivity index (χ1n) is 8.20. The Balaban J connectivity index is 1.95. The molecule has 1 aromatic carbocycles. The highest BCUT2D eigenvalue weighted by atomic mass is 16.5. The Morgan fingerprint density at radius 1 is 1.35 bits per heavy atom. The fourth-order valence-electron chi connectivity index (χ4n) is 2.40. The largest absolute Gasteiger partial charge is 0.493 e. The van der Waals surface area contributed by atoms with Crippen molar-refractivity contribution in [3.63, 3.8) is 0 Å². The SMILES string of the molecule is Cc1ccc(C(=O)N[C@@H](C)CC(C)C(N)=O)cc1OCC1CC1. The lowest BCUT2D eigenvalue weighted by Crippen LogP contribution is -2.36. The lowest BCUT2D eigenvalue weighted by Gasteiger charge is -2.17. The minimum atomic E-state index is -0.350. The third-order valence-corrected chi connectivity index (χ3v) is 4.19. The molecule has 0 bridgehead atoms. The van der Waals surface area contributed by atoms with Crippen LogP contribution in [0.1, 0.15) is 49.0 Å². The van der Waals surface area contributed by atoms with E-state index in [2.05, 4.69) is 5.32 Å². The highest BCUT2D eigenvalue weighted by molar-refractivity contribution is 5.95. The van der Waals surface area contributed by atoms with Crippen molar-refractivity contribution in [1.29, 1.82) is 0 Å². The molecule has 1 fully saturated rings. The Morgan fingerprint density at radius 2 is 2.04 bits per heavy atom. The Hall–Kier alpha value is -2.04. The average molecular weight is 318 g/mol. The van der Waals surface area contributed by atoms with Crippen molar-refractivity contribution in [1.82, 2.24) is 5.32 Å². The normalized spacial score (nSPS) is 16.5. The van der Waals surface area contributed by atoms with Crippen LogP contribution in [0, 0.1) is 18.8 Å². The van der Waals surface area contributed by atoms with Crippen LogP contribution in [0.3, 0.4) is 0 Å². The predicted octanol–water partition coefficient (Wildman–Crippen LogP) is 2.41. The van der Waals surface area contributed by atoms with E-state index in [1.165, 1.54) is 12.8 Å². The van der Waals surface area contributed by atoms with Gasteiger partial charge in [0.05, 0.1) is 6.61 Å². The standard InChI is InChI=1S/C18H26N2O3/c1-11-4-7-15(9-16(11)23-10-14-5-6-14)18(22)20-13(3)8-12(2)17(19)21/h4,7,9,12-14H,5-6,8,10H2,1-3H3,(H2,19,21)(H,20,22)/t12?,13-/m0/s1. The zero-order valence-electron chi connectivity index (χ0n) is 14.1. The molecule has 126 valence electrons. The molecule has 1 aromatic rings. The molecular weight excluding hydrogens is 292 g/mol. The van der Waals surface area contributed by atoms with Gasteiger partial charge >= 0.3 is 0 Å². The Morgan fingerprint density at radius 3 is 2.65 bits per heavy atom. The van der Waals surface area contributed by atoms with Gasteiger partial charge in [0.1, 0.15) is 5.75 Å². The van der Waals surface area contributed by atoms with Gasteiger partial charge in [-0.3, -0.25) is 9.59 Å². The molecule has 2 amide bonds. The van der Waals surface area contributed by atoms with Crippen LogP contribution in [-0.2, 0) is 4.79 Å². The molecule has 0 radical (unpaired) electrons. The van der Waals surface area contributed by atoms with Crippen LogP contribution in [0.5, 0.6) is 5.75 Å². The molecule has 2 atom stereocenters. The van der Waals surface area contributed by atoms with E-state index in [0.29, 0.717) is 17.9 Å². The number of benzene rings is 1. The van der Waals surface area contributed by atoms with E-state index in [9.17, 15) is 9.59 Å². The maximum atomic E-state index is 12.3. The molecule has 2 rings (SSSR count). The molecule has 23 heavy (non-hydrogen) atoms. The van der Waals surface area contributed by atoms with Crippen LogP contribution < -0.4 is 15.8 Å². The van der Waals surface area contributed by atoms with Crippen molar-refractivity contribution in [2.45, 2.75) is 46.1 Å². The number of nitrogens with one attached hydrogen (secondary N) is 1. The molecule has 3 N–H and O–H groups in total. The van der Waals surface area contributed by atoms with Gasteiger partial charge in [0.2, 0.25) is 5.91 Å². The predicted molar refractivity (Wildman–Crippen MR) is 89.3 cm³/mol. The summed E-state index contributed by atoms with van der Waals surface area (Å²) in [5, 5.41) is 2.90. The van der Waals surface area contributed by atoms with Gasteiger partial charge in [-0.15, -0.1) is 0 Å². The van der Waals surface area contributed by atoms with Crippen molar-refractivity contribution < 1.29 is 14.3 Å². The number of hydrogen-bond acceptors (Lipinski definition) is 3. The van der Waals surface area contributed by atoms with E-state index in [4.69, 9.17) is 10.5 Å². The van der Waals surface area contributed by atoms with Crippen molar-refractivity contribution in [2.75, 3.05) is 6.61 Å². The fourth-order valence-corrected chi connectivity index (χ4v) is 2.40. The van der Waals surface area contributed by atoms with Crippen LogP contribution in [0.25, 0.3) is 0 Å². The highest BCUT2D eigenvalue weighted by Crippen LogP contribution is 2.30. The Labute approximate surface area is 137 Å². The van der Waals surface area contributed by atoms with Gasteiger partial charge < -0.3 is 15.8 Å². The summed E-state index contributed by atoms with van der Waals surface area (Å²) in [7, 11) is 0. The van der Waals surface area contributed by atoms with Crippen LogP contribution in [-0.4, -0.2) is 24.5 Å². The zero-order valence-corrected chi connectivity index (χ0v) is 14.1. The molecule has 1 aliphatic carbocycles. The zero-order chi connectivity index (χ0) is 17.0. The summed E-state index contributed by atoms with van der Waals surface area (Å²) in [6.07, 6.45) is 2.99. The minimum absolute atomic E-state index is 0.123. The third kappa shape index (κ3) is 5.27. The van der Waals surface area contributed by atoms with Crippen molar-refractivity contribution in [3.8, 4) is 5.75 Å². The summed E-state index contributed by atoms with van der Waals surface area (Å²) in [6.45, 7) is 6.33. The highest BCUT2D eigenvalue weighted by Gasteiger charge is 2.22. The summed E-state index contributed by atoms with van der Waals surface area (Å²) in [6, 6.07) is 5.35. The van der Waals surface area contributed by atoms with Gasteiger partial charge in [0, 0.05) is 17.5 Å². The van der Waals surface area contributed by atoms with Gasteiger partial charge in [-0.05, 0) is 56.7 Å². The first-order valence-corrected chi connectivity index (χ1v) is 8.20. The van der Waals surface area contributed by atoms with E-state index in [0.717, 1.165) is 17.9 Å². The maximum Gasteiger partial charge on any atom is 0.251 e. The molecule has 0 saturated heterocycles.